The molecule has 4 nitrogen and oxygen atoms in total. The van der Waals surface area contributed by atoms with Crippen LogP contribution in [-0.4, -0.2) is 27.5 Å². The zero-order chi connectivity index (χ0) is 19.3. The van der Waals surface area contributed by atoms with E-state index in [9.17, 15) is 0 Å². The molecule has 0 N–H and O–H groups in total. The molecule has 4 heteroatoms. The molecule has 1 aliphatic heterocycles. The fourth-order valence-corrected chi connectivity index (χ4v) is 4.21. The third-order valence-corrected chi connectivity index (χ3v) is 5.59. The molecule has 2 heterocycles. The lowest BCUT2D eigenvalue weighted by Crippen LogP contribution is -2.36. The first-order chi connectivity index (χ1) is 13.7. The molecule has 1 aromatic heterocycles. The summed E-state index contributed by atoms with van der Waals surface area (Å²) < 4.78 is 2.37. The number of hydrogen-bond acceptors (Lipinski definition) is 3. The molecular formula is C24H26N4. The van der Waals surface area contributed by atoms with Crippen LogP contribution in [0.1, 0.15) is 29.7 Å². The van der Waals surface area contributed by atoms with Crippen LogP contribution < -0.4 is 0 Å². The molecule has 142 valence electrons. The van der Waals surface area contributed by atoms with Crippen LogP contribution in [0, 0.1) is 24.2 Å². The predicted octanol–water partition coefficient (Wildman–Crippen LogP) is 4.64. The highest BCUT2D eigenvalue weighted by Crippen LogP contribution is 2.25. The Morgan fingerprint density at radius 2 is 2.00 bits per heavy atom. The maximum absolute atomic E-state index is 9.13. The summed E-state index contributed by atoms with van der Waals surface area (Å²) in [6, 6.07) is 20.7. The van der Waals surface area contributed by atoms with Gasteiger partial charge in [0.2, 0.25) is 0 Å². The Kier molecular flexibility index (Phi) is 5.55. The smallest absolute Gasteiger partial charge is 0.140 e. The van der Waals surface area contributed by atoms with Crippen LogP contribution in [-0.2, 0) is 13.1 Å². The molecule has 2 aromatic carbocycles. The van der Waals surface area contributed by atoms with Crippen LogP contribution in [0.2, 0.25) is 0 Å². The largest absolute Gasteiger partial charge is 0.328 e. The monoisotopic (exact) mass is 370 g/mol. The van der Waals surface area contributed by atoms with Crippen molar-refractivity contribution in [1.82, 2.24) is 14.5 Å². The van der Waals surface area contributed by atoms with Crippen molar-refractivity contribution < 1.29 is 0 Å². The number of nitriles is 1. The quantitative estimate of drug-likeness (QED) is 0.657. The number of imidazole rings is 1. The van der Waals surface area contributed by atoms with Gasteiger partial charge in [-0.15, -0.1) is 0 Å². The van der Waals surface area contributed by atoms with Crippen LogP contribution in [0.5, 0.6) is 0 Å². The van der Waals surface area contributed by atoms with Crippen LogP contribution >= 0.6 is 0 Å². The van der Waals surface area contributed by atoms with E-state index in [-0.39, 0.29) is 0 Å². The molecule has 28 heavy (non-hydrogen) atoms. The molecule has 0 radical (unpaired) electrons. The van der Waals surface area contributed by atoms with Crippen molar-refractivity contribution in [2.45, 2.75) is 32.9 Å². The number of likely N-dealkylation sites (tertiary alicyclic amines) is 1. The average molecular weight is 371 g/mol. The van der Waals surface area contributed by atoms with Gasteiger partial charge in [-0.1, -0.05) is 42.5 Å². The number of hydrogen-bond donors (Lipinski definition) is 0. The summed E-state index contributed by atoms with van der Waals surface area (Å²) in [6.07, 6.45) is 4.45. The number of benzene rings is 2. The van der Waals surface area contributed by atoms with Gasteiger partial charge in [0, 0.05) is 37.1 Å². The van der Waals surface area contributed by atoms with Crippen LogP contribution in [0.25, 0.3) is 11.4 Å². The Morgan fingerprint density at radius 3 is 2.82 bits per heavy atom. The molecule has 1 atom stereocenters. The summed E-state index contributed by atoms with van der Waals surface area (Å²) >= 11 is 0. The number of aryl methyl sites for hydroxylation is 1. The number of piperidine rings is 1. The van der Waals surface area contributed by atoms with Crippen LogP contribution in [0.3, 0.4) is 0 Å². The van der Waals surface area contributed by atoms with Gasteiger partial charge < -0.3 is 4.57 Å². The summed E-state index contributed by atoms with van der Waals surface area (Å²) in [5, 5.41) is 9.13. The highest BCUT2D eigenvalue weighted by molar-refractivity contribution is 5.55. The molecule has 1 unspecified atom stereocenters. The van der Waals surface area contributed by atoms with Crippen molar-refractivity contribution in [3.8, 4) is 17.5 Å². The van der Waals surface area contributed by atoms with E-state index in [2.05, 4.69) is 57.8 Å². The van der Waals surface area contributed by atoms with E-state index in [1.165, 1.54) is 29.7 Å². The lowest BCUT2D eigenvalue weighted by Gasteiger charge is -2.33. The summed E-state index contributed by atoms with van der Waals surface area (Å²) in [4.78, 5) is 7.20. The van der Waals surface area contributed by atoms with Gasteiger partial charge in [0.15, 0.2) is 0 Å². The van der Waals surface area contributed by atoms with E-state index in [1.807, 2.05) is 30.5 Å². The first-order valence-corrected chi connectivity index (χ1v) is 10.0. The second-order valence-electron chi connectivity index (χ2n) is 7.76. The van der Waals surface area contributed by atoms with Gasteiger partial charge in [0.25, 0.3) is 0 Å². The molecule has 4 rings (SSSR count). The van der Waals surface area contributed by atoms with Gasteiger partial charge in [-0.3, -0.25) is 4.90 Å². The minimum atomic E-state index is 0.614. The van der Waals surface area contributed by atoms with Crippen molar-refractivity contribution in [3.63, 3.8) is 0 Å². The average Bonchev–Trinajstić information content (AvgIpc) is 3.09. The lowest BCUT2D eigenvalue weighted by molar-refractivity contribution is 0.156. The Morgan fingerprint density at radius 1 is 1.14 bits per heavy atom. The van der Waals surface area contributed by atoms with E-state index in [1.54, 1.807) is 0 Å². The Hall–Kier alpha value is -2.90. The molecule has 1 saturated heterocycles. The standard InChI is InChI=1S/C24H26N4/c1-19-15-26-24(23-10-3-2-4-11-23)28(19)18-22-9-6-12-27(17-22)16-21-8-5-7-20(13-21)14-25/h2-5,7-8,10-11,13,15,22H,6,9,12,16-18H2,1H3. The van der Waals surface area contributed by atoms with Gasteiger partial charge in [0.05, 0.1) is 11.6 Å². The second kappa shape index (κ2) is 8.41. The molecule has 0 amide bonds. The fraction of sp³-hybridized carbons (Fsp3) is 0.333. The highest BCUT2D eigenvalue weighted by Gasteiger charge is 2.22. The Bertz CT molecular complexity index is 968. The minimum Gasteiger partial charge on any atom is -0.328 e. The van der Waals surface area contributed by atoms with Gasteiger partial charge in [-0.25, -0.2) is 4.98 Å². The van der Waals surface area contributed by atoms with Gasteiger partial charge in [-0.2, -0.15) is 5.26 Å². The number of rotatable bonds is 5. The zero-order valence-corrected chi connectivity index (χ0v) is 16.4. The molecule has 0 saturated carbocycles. The maximum Gasteiger partial charge on any atom is 0.140 e. The maximum atomic E-state index is 9.13. The van der Waals surface area contributed by atoms with Gasteiger partial charge in [-0.05, 0) is 49.9 Å². The molecule has 1 fully saturated rings. The van der Waals surface area contributed by atoms with E-state index in [4.69, 9.17) is 5.26 Å². The van der Waals surface area contributed by atoms with E-state index in [0.29, 0.717) is 5.92 Å². The van der Waals surface area contributed by atoms with Gasteiger partial charge >= 0.3 is 0 Å². The fourth-order valence-electron chi connectivity index (χ4n) is 4.21. The minimum absolute atomic E-state index is 0.614. The summed E-state index contributed by atoms with van der Waals surface area (Å²) in [5.74, 6) is 1.68. The second-order valence-corrected chi connectivity index (χ2v) is 7.76. The topological polar surface area (TPSA) is 44.9 Å². The third-order valence-electron chi connectivity index (χ3n) is 5.59. The van der Waals surface area contributed by atoms with E-state index >= 15 is 0 Å². The van der Waals surface area contributed by atoms with Crippen LogP contribution in [0.15, 0.2) is 60.8 Å². The predicted molar refractivity (Wildman–Crippen MR) is 112 cm³/mol. The molecule has 0 aliphatic carbocycles. The molecular weight excluding hydrogens is 344 g/mol. The van der Waals surface area contributed by atoms with Crippen molar-refractivity contribution >= 4 is 0 Å². The molecule has 0 bridgehead atoms. The van der Waals surface area contributed by atoms with Crippen molar-refractivity contribution in [1.29, 1.82) is 5.26 Å². The molecule has 0 spiro atoms. The normalized spacial score (nSPS) is 17.4. The summed E-state index contributed by atoms with van der Waals surface area (Å²) in [5.41, 5.74) is 4.37. The number of nitrogens with zero attached hydrogens (tertiary/aromatic N) is 4. The van der Waals surface area contributed by atoms with Gasteiger partial charge in [0.1, 0.15) is 5.82 Å². The SMILES string of the molecule is Cc1cnc(-c2ccccc2)n1CC1CCCN(Cc2cccc(C#N)c2)C1. The Balaban J connectivity index is 1.46. The molecule has 3 aromatic rings. The van der Waals surface area contributed by atoms with Crippen molar-refractivity contribution in [2.75, 3.05) is 13.1 Å². The van der Waals surface area contributed by atoms with Crippen molar-refractivity contribution in [3.05, 3.63) is 77.6 Å². The first-order valence-electron chi connectivity index (χ1n) is 10.0. The highest BCUT2D eigenvalue weighted by atomic mass is 15.1. The first kappa shape index (κ1) is 18.5. The number of aromatic nitrogens is 2. The zero-order valence-electron chi connectivity index (χ0n) is 16.4. The lowest BCUT2D eigenvalue weighted by atomic mass is 9.97. The van der Waals surface area contributed by atoms with E-state index in [0.717, 1.165) is 37.6 Å². The molecule has 1 aliphatic rings. The Labute approximate surface area is 167 Å². The summed E-state index contributed by atoms with van der Waals surface area (Å²) in [6.45, 7) is 6.28. The van der Waals surface area contributed by atoms with Crippen molar-refractivity contribution in [2.24, 2.45) is 5.92 Å². The van der Waals surface area contributed by atoms with Crippen LogP contribution in [0.4, 0.5) is 0 Å². The third kappa shape index (κ3) is 4.16. The summed E-state index contributed by atoms with van der Waals surface area (Å²) in [7, 11) is 0. The van der Waals surface area contributed by atoms with E-state index < -0.39 is 0 Å².